The lowest BCUT2D eigenvalue weighted by Crippen LogP contribution is -2.67. The van der Waals surface area contributed by atoms with Crippen LogP contribution in [0.5, 0.6) is 0 Å². The molecular formula is C12H22N2O3. The van der Waals surface area contributed by atoms with Gasteiger partial charge in [-0.25, -0.2) is 4.79 Å². The van der Waals surface area contributed by atoms with Gasteiger partial charge in [0.25, 0.3) is 0 Å². The number of nitrogens with zero attached hydrogens (tertiary/aromatic N) is 2. The number of hydrogen-bond donors (Lipinski definition) is 1. The predicted molar refractivity (Wildman–Crippen MR) is 63.8 cm³/mol. The predicted octanol–water partition coefficient (Wildman–Crippen LogP) is 0.672. The number of hydrogen-bond acceptors (Lipinski definition) is 4. The first kappa shape index (κ1) is 12.6. The van der Waals surface area contributed by atoms with Gasteiger partial charge in [0.1, 0.15) is 5.60 Å². The number of carbonyl (C=O) groups is 1. The van der Waals surface area contributed by atoms with Crippen molar-refractivity contribution in [3.05, 3.63) is 0 Å². The van der Waals surface area contributed by atoms with Crippen LogP contribution in [-0.2, 0) is 4.74 Å². The summed E-state index contributed by atoms with van der Waals surface area (Å²) in [4.78, 5) is 16.0. The average Bonchev–Trinajstić information content (AvgIpc) is 2.39. The molecular weight excluding hydrogens is 220 g/mol. The summed E-state index contributed by atoms with van der Waals surface area (Å²) in [6.45, 7) is 7.61. The lowest BCUT2D eigenvalue weighted by molar-refractivity contribution is -0.0368. The van der Waals surface area contributed by atoms with E-state index in [4.69, 9.17) is 4.74 Å². The third-order valence-electron chi connectivity index (χ3n) is 3.32. The monoisotopic (exact) mass is 242 g/mol. The van der Waals surface area contributed by atoms with Crippen LogP contribution >= 0.6 is 0 Å². The molecule has 2 aliphatic rings. The minimum atomic E-state index is -0.485. The van der Waals surface area contributed by atoms with E-state index < -0.39 is 11.7 Å². The molecule has 2 rings (SSSR count). The molecule has 2 saturated heterocycles. The summed E-state index contributed by atoms with van der Waals surface area (Å²) in [5, 5.41) is 9.77. The molecule has 2 heterocycles. The number of likely N-dealkylation sites (N-methyl/N-ethyl adjacent to an activating group) is 1. The maximum absolute atomic E-state index is 12.1. The van der Waals surface area contributed by atoms with E-state index in [-0.39, 0.29) is 11.6 Å². The van der Waals surface area contributed by atoms with Crippen LogP contribution in [-0.4, -0.2) is 64.9 Å². The molecule has 2 fully saturated rings. The summed E-state index contributed by atoms with van der Waals surface area (Å²) in [5.74, 6) is 0. The topological polar surface area (TPSA) is 53.0 Å². The summed E-state index contributed by atoms with van der Waals surface area (Å²) in [5.41, 5.74) is -0.683. The van der Waals surface area contributed by atoms with Crippen LogP contribution in [0.1, 0.15) is 27.2 Å². The fourth-order valence-electron chi connectivity index (χ4n) is 2.86. The van der Waals surface area contributed by atoms with Crippen LogP contribution in [0.25, 0.3) is 0 Å². The van der Waals surface area contributed by atoms with Gasteiger partial charge in [-0.3, -0.25) is 4.90 Å². The van der Waals surface area contributed by atoms with Gasteiger partial charge in [0.2, 0.25) is 0 Å². The molecule has 1 unspecified atom stereocenters. The normalized spacial score (nSPS) is 28.3. The quantitative estimate of drug-likeness (QED) is 0.678. The molecule has 0 aliphatic carbocycles. The molecule has 5 nitrogen and oxygen atoms in total. The fraction of sp³-hybridized carbons (Fsp3) is 0.917. The van der Waals surface area contributed by atoms with E-state index in [1.165, 1.54) is 0 Å². The Hall–Kier alpha value is -0.810. The highest BCUT2D eigenvalue weighted by Crippen LogP contribution is 2.37. The van der Waals surface area contributed by atoms with Crippen molar-refractivity contribution in [3.63, 3.8) is 0 Å². The van der Waals surface area contributed by atoms with E-state index in [1.807, 2.05) is 27.8 Å². The second-order valence-electron chi connectivity index (χ2n) is 6.35. The molecule has 2 aliphatic heterocycles. The van der Waals surface area contributed by atoms with Crippen LogP contribution in [0.3, 0.4) is 0 Å². The zero-order valence-electron chi connectivity index (χ0n) is 11.1. The zero-order chi connectivity index (χ0) is 12.8. The number of β-amino-alcohol motifs (C(OH)–C–C–N with tert-alkyl or cyclic N) is 1. The van der Waals surface area contributed by atoms with Crippen LogP contribution < -0.4 is 0 Å². The molecule has 0 aromatic rings. The van der Waals surface area contributed by atoms with E-state index in [1.54, 1.807) is 4.90 Å². The van der Waals surface area contributed by atoms with E-state index in [0.29, 0.717) is 13.0 Å². The van der Waals surface area contributed by atoms with Crippen molar-refractivity contribution < 1.29 is 14.6 Å². The Kier molecular flexibility index (Phi) is 2.86. The van der Waals surface area contributed by atoms with Crippen LogP contribution in [0.2, 0.25) is 0 Å². The van der Waals surface area contributed by atoms with Gasteiger partial charge in [0.15, 0.2) is 0 Å². The number of aliphatic hydroxyl groups is 1. The van der Waals surface area contributed by atoms with Gasteiger partial charge in [-0.05, 0) is 27.8 Å². The number of carbonyl (C=O) groups excluding carboxylic acids is 1. The lowest BCUT2D eigenvalue weighted by atomic mass is 9.87. The van der Waals surface area contributed by atoms with Crippen LogP contribution in [0, 0.1) is 0 Å². The van der Waals surface area contributed by atoms with Gasteiger partial charge in [-0.1, -0.05) is 0 Å². The molecule has 98 valence electrons. The number of likely N-dealkylation sites (tertiary alicyclic amines) is 2. The molecule has 1 spiro atoms. The van der Waals surface area contributed by atoms with E-state index in [9.17, 15) is 9.90 Å². The Morgan fingerprint density at radius 1 is 1.41 bits per heavy atom. The molecule has 5 heteroatoms. The molecule has 1 atom stereocenters. The first-order valence-electron chi connectivity index (χ1n) is 6.09. The maximum atomic E-state index is 12.1. The number of ether oxygens (including phenoxy) is 1. The van der Waals surface area contributed by atoms with Gasteiger partial charge in [-0.2, -0.15) is 0 Å². The Balaban J connectivity index is 2.06. The Bertz CT molecular complexity index is 318. The highest BCUT2D eigenvalue weighted by molar-refractivity contribution is 5.70. The maximum Gasteiger partial charge on any atom is 0.410 e. The molecule has 1 amide bonds. The number of rotatable bonds is 0. The molecule has 0 aromatic heterocycles. The fourth-order valence-corrected chi connectivity index (χ4v) is 2.86. The Morgan fingerprint density at radius 2 is 2.00 bits per heavy atom. The smallest absolute Gasteiger partial charge is 0.410 e. The Labute approximate surface area is 102 Å². The average molecular weight is 242 g/mol. The van der Waals surface area contributed by atoms with E-state index in [0.717, 1.165) is 13.1 Å². The largest absolute Gasteiger partial charge is 0.444 e. The minimum Gasteiger partial charge on any atom is -0.444 e. The van der Waals surface area contributed by atoms with Crippen molar-refractivity contribution in [3.8, 4) is 0 Å². The van der Waals surface area contributed by atoms with Gasteiger partial charge >= 0.3 is 6.09 Å². The first-order valence-corrected chi connectivity index (χ1v) is 6.09. The molecule has 0 aromatic carbocycles. The van der Waals surface area contributed by atoms with Crippen molar-refractivity contribution in [2.45, 2.75) is 44.4 Å². The summed E-state index contributed by atoms with van der Waals surface area (Å²) in [6.07, 6.45) is -0.0605. The van der Waals surface area contributed by atoms with Gasteiger partial charge in [-0.15, -0.1) is 0 Å². The molecule has 0 radical (unpaired) electrons. The highest BCUT2D eigenvalue weighted by Gasteiger charge is 2.54. The van der Waals surface area contributed by atoms with E-state index >= 15 is 0 Å². The van der Waals surface area contributed by atoms with Crippen molar-refractivity contribution in [1.82, 2.24) is 9.80 Å². The van der Waals surface area contributed by atoms with Gasteiger partial charge in [0.05, 0.1) is 18.2 Å². The molecule has 0 saturated carbocycles. The minimum absolute atomic E-state index is 0.198. The second-order valence-corrected chi connectivity index (χ2v) is 6.35. The van der Waals surface area contributed by atoms with E-state index in [2.05, 4.69) is 4.90 Å². The first-order chi connectivity index (χ1) is 7.72. The van der Waals surface area contributed by atoms with Crippen LogP contribution in [0.15, 0.2) is 0 Å². The summed E-state index contributed by atoms with van der Waals surface area (Å²) >= 11 is 0. The molecule has 17 heavy (non-hydrogen) atoms. The third-order valence-corrected chi connectivity index (χ3v) is 3.32. The van der Waals surface area contributed by atoms with Crippen molar-refractivity contribution in [2.75, 3.05) is 26.7 Å². The van der Waals surface area contributed by atoms with Gasteiger partial charge < -0.3 is 14.7 Å². The SMILES string of the molecule is CN1CC2(CC(O)CN2C(=O)OC(C)(C)C)C1. The summed E-state index contributed by atoms with van der Waals surface area (Å²) in [6, 6.07) is 0. The van der Waals surface area contributed by atoms with Crippen molar-refractivity contribution >= 4 is 6.09 Å². The summed E-state index contributed by atoms with van der Waals surface area (Å²) < 4.78 is 5.39. The third kappa shape index (κ3) is 2.40. The van der Waals surface area contributed by atoms with Crippen molar-refractivity contribution in [2.24, 2.45) is 0 Å². The second kappa shape index (κ2) is 3.85. The molecule has 1 N–H and O–H groups in total. The van der Waals surface area contributed by atoms with Gasteiger partial charge in [0, 0.05) is 19.5 Å². The summed E-state index contributed by atoms with van der Waals surface area (Å²) in [7, 11) is 2.02. The lowest BCUT2D eigenvalue weighted by Gasteiger charge is -2.50. The molecule has 0 bridgehead atoms. The zero-order valence-corrected chi connectivity index (χ0v) is 11.1. The van der Waals surface area contributed by atoms with Crippen molar-refractivity contribution in [1.29, 1.82) is 0 Å². The van der Waals surface area contributed by atoms with Crippen LogP contribution in [0.4, 0.5) is 4.79 Å². The standard InChI is InChI=1S/C12H22N2O3/c1-11(2,3)17-10(16)14-6-9(15)5-12(14)7-13(4)8-12/h9,15H,5-8H2,1-4H3. The Morgan fingerprint density at radius 3 is 2.47 bits per heavy atom. The highest BCUT2D eigenvalue weighted by atomic mass is 16.6. The number of amides is 1. The number of aliphatic hydroxyl groups excluding tert-OH is 1.